The van der Waals surface area contributed by atoms with Gasteiger partial charge in [-0.3, -0.25) is 9.79 Å². The number of nitrogens with zero attached hydrogens (tertiary/aromatic N) is 2. The van der Waals surface area contributed by atoms with E-state index < -0.39 is 0 Å². The number of amides is 1. The lowest BCUT2D eigenvalue weighted by atomic mass is 10.4. The molecule has 2 N–H and O–H groups in total. The van der Waals surface area contributed by atoms with E-state index in [1.165, 1.54) is 12.8 Å². The van der Waals surface area contributed by atoms with Gasteiger partial charge in [0.2, 0.25) is 5.91 Å². The molecule has 0 atom stereocenters. The van der Waals surface area contributed by atoms with Crippen LogP contribution < -0.4 is 10.6 Å². The van der Waals surface area contributed by atoms with Crippen LogP contribution in [0.3, 0.4) is 0 Å². The van der Waals surface area contributed by atoms with E-state index in [-0.39, 0.29) is 5.91 Å². The Bertz CT molecular complexity index is 280. The Morgan fingerprint density at radius 2 is 2.06 bits per heavy atom. The number of likely N-dealkylation sites (tertiary alicyclic amines) is 1. The standard InChI is InChI=1S/C11H20N4O/c1-12-11(15-6-2-3-7-15)13-8-10(16)14-9-4-5-9/h9H,2-8H2,1H3,(H,12,13)(H,14,16). The second-order valence-electron chi connectivity index (χ2n) is 4.44. The van der Waals surface area contributed by atoms with Gasteiger partial charge in [0.1, 0.15) is 0 Å². The quantitative estimate of drug-likeness (QED) is 0.521. The summed E-state index contributed by atoms with van der Waals surface area (Å²) in [5, 5.41) is 6.06. The van der Waals surface area contributed by atoms with Gasteiger partial charge in [-0.2, -0.15) is 0 Å². The fraction of sp³-hybridized carbons (Fsp3) is 0.818. The summed E-state index contributed by atoms with van der Waals surface area (Å²) in [5.41, 5.74) is 0. The highest BCUT2D eigenvalue weighted by molar-refractivity contribution is 5.86. The number of aliphatic imine (C=N–C) groups is 1. The minimum Gasteiger partial charge on any atom is -0.352 e. The molecule has 0 unspecified atom stereocenters. The van der Waals surface area contributed by atoms with Gasteiger partial charge in [0.25, 0.3) is 0 Å². The molecular weight excluding hydrogens is 204 g/mol. The van der Waals surface area contributed by atoms with E-state index in [0.717, 1.165) is 31.9 Å². The van der Waals surface area contributed by atoms with Gasteiger partial charge < -0.3 is 15.5 Å². The number of hydrogen-bond donors (Lipinski definition) is 2. The summed E-state index contributed by atoms with van der Waals surface area (Å²) in [6.45, 7) is 2.42. The zero-order valence-corrected chi connectivity index (χ0v) is 9.83. The molecule has 2 rings (SSSR count). The van der Waals surface area contributed by atoms with Crippen LogP contribution in [0.25, 0.3) is 0 Å². The lowest BCUT2D eigenvalue weighted by molar-refractivity contribution is -0.120. The van der Waals surface area contributed by atoms with E-state index in [2.05, 4.69) is 20.5 Å². The summed E-state index contributed by atoms with van der Waals surface area (Å²) < 4.78 is 0. The summed E-state index contributed by atoms with van der Waals surface area (Å²) >= 11 is 0. The van der Waals surface area contributed by atoms with E-state index in [0.29, 0.717) is 12.6 Å². The molecule has 0 spiro atoms. The molecule has 2 fully saturated rings. The summed E-state index contributed by atoms with van der Waals surface area (Å²) in [7, 11) is 1.76. The first kappa shape index (κ1) is 11.2. The first-order valence-electron chi connectivity index (χ1n) is 6.04. The van der Waals surface area contributed by atoms with Crippen LogP contribution in [0, 0.1) is 0 Å². The van der Waals surface area contributed by atoms with Crippen molar-refractivity contribution in [3.8, 4) is 0 Å². The largest absolute Gasteiger partial charge is 0.352 e. The van der Waals surface area contributed by atoms with Crippen LogP contribution in [-0.4, -0.2) is 49.5 Å². The third-order valence-electron chi connectivity index (χ3n) is 2.97. The van der Waals surface area contributed by atoms with Gasteiger partial charge in [-0.25, -0.2) is 0 Å². The van der Waals surface area contributed by atoms with Crippen molar-refractivity contribution in [1.29, 1.82) is 0 Å². The average molecular weight is 224 g/mol. The van der Waals surface area contributed by atoms with Crippen molar-refractivity contribution in [3.63, 3.8) is 0 Å². The maximum absolute atomic E-state index is 11.5. The molecule has 1 aliphatic heterocycles. The minimum absolute atomic E-state index is 0.0721. The van der Waals surface area contributed by atoms with Crippen molar-refractivity contribution in [2.24, 2.45) is 4.99 Å². The number of carbonyl (C=O) groups is 1. The lowest BCUT2D eigenvalue weighted by Gasteiger charge is -2.20. The van der Waals surface area contributed by atoms with Crippen LogP contribution in [0.4, 0.5) is 0 Å². The second kappa shape index (κ2) is 5.18. The molecule has 0 aromatic rings. The van der Waals surface area contributed by atoms with Crippen molar-refractivity contribution in [2.75, 3.05) is 26.7 Å². The SMILES string of the molecule is CN=C(NCC(=O)NC1CC1)N1CCCC1. The Hall–Kier alpha value is -1.26. The Labute approximate surface area is 96.3 Å². The Balaban J connectivity index is 1.71. The fourth-order valence-electron chi connectivity index (χ4n) is 1.93. The highest BCUT2D eigenvalue weighted by Crippen LogP contribution is 2.18. The molecule has 0 radical (unpaired) electrons. The number of guanidine groups is 1. The Morgan fingerprint density at radius 1 is 1.38 bits per heavy atom. The summed E-state index contributed by atoms with van der Waals surface area (Å²) in [6, 6.07) is 0.433. The molecule has 0 aromatic heterocycles. The fourth-order valence-corrected chi connectivity index (χ4v) is 1.93. The predicted octanol–water partition coefficient (Wildman–Crippen LogP) is -0.0638. The zero-order chi connectivity index (χ0) is 11.4. The molecule has 90 valence electrons. The topological polar surface area (TPSA) is 56.7 Å². The van der Waals surface area contributed by atoms with Gasteiger partial charge >= 0.3 is 0 Å². The third-order valence-corrected chi connectivity index (χ3v) is 2.97. The predicted molar refractivity (Wildman–Crippen MR) is 63.3 cm³/mol. The maximum atomic E-state index is 11.5. The molecule has 0 aromatic carbocycles. The molecule has 5 nitrogen and oxygen atoms in total. The van der Waals surface area contributed by atoms with Crippen molar-refractivity contribution in [1.82, 2.24) is 15.5 Å². The zero-order valence-electron chi connectivity index (χ0n) is 9.83. The monoisotopic (exact) mass is 224 g/mol. The molecule has 1 saturated heterocycles. The summed E-state index contributed by atoms with van der Waals surface area (Å²) in [5.74, 6) is 0.922. The van der Waals surface area contributed by atoms with Crippen LogP contribution in [0.2, 0.25) is 0 Å². The molecule has 0 bridgehead atoms. The van der Waals surface area contributed by atoms with E-state index in [4.69, 9.17) is 0 Å². The number of carbonyl (C=O) groups excluding carboxylic acids is 1. The molecule has 1 heterocycles. The van der Waals surface area contributed by atoms with Gasteiger partial charge in [0.15, 0.2) is 5.96 Å². The van der Waals surface area contributed by atoms with Crippen molar-refractivity contribution in [3.05, 3.63) is 0 Å². The molecule has 1 aliphatic carbocycles. The summed E-state index contributed by atoms with van der Waals surface area (Å²) in [6.07, 6.45) is 4.70. The summed E-state index contributed by atoms with van der Waals surface area (Å²) in [4.78, 5) is 17.9. The second-order valence-corrected chi connectivity index (χ2v) is 4.44. The van der Waals surface area contributed by atoms with Gasteiger partial charge in [-0.1, -0.05) is 0 Å². The smallest absolute Gasteiger partial charge is 0.239 e. The molecule has 1 saturated carbocycles. The van der Waals surface area contributed by atoms with E-state index >= 15 is 0 Å². The van der Waals surface area contributed by atoms with E-state index in [1.807, 2.05) is 0 Å². The number of nitrogens with one attached hydrogen (secondary N) is 2. The van der Waals surface area contributed by atoms with Gasteiger partial charge in [0, 0.05) is 26.2 Å². The van der Waals surface area contributed by atoms with E-state index in [1.54, 1.807) is 7.05 Å². The van der Waals surface area contributed by atoms with Crippen LogP contribution in [0.15, 0.2) is 4.99 Å². The molecule has 5 heteroatoms. The first-order chi connectivity index (χ1) is 7.79. The van der Waals surface area contributed by atoms with E-state index in [9.17, 15) is 4.79 Å². The van der Waals surface area contributed by atoms with Crippen molar-refractivity contribution >= 4 is 11.9 Å². The molecular formula is C11H20N4O. The first-order valence-corrected chi connectivity index (χ1v) is 6.04. The average Bonchev–Trinajstić information content (AvgIpc) is 2.92. The van der Waals surface area contributed by atoms with Crippen molar-refractivity contribution in [2.45, 2.75) is 31.7 Å². The Morgan fingerprint density at radius 3 is 2.62 bits per heavy atom. The minimum atomic E-state index is 0.0721. The van der Waals surface area contributed by atoms with Gasteiger partial charge in [0.05, 0.1) is 6.54 Å². The number of hydrogen-bond acceptors (Lipinski definition) is 2. The van der Waals surface area contributed by atoms with Gasteiger partial charge in [-0.05, 0) is 25.7 Å². The van der Waals surface area contributed by atoms with Crippen LogP contribution in [0.5, 0.6) is 0 Å². The highest BCUT2D eigenvalue weighted by Gasteiger charge is 2.23. The van der Waals surface area contributed by atoms with Gasteiger partial charge in [-0.15, -0.1) is 0 Å². The number of rotatable bonds is 3. The van der Waals surface area contributed by atoms with Crippen molar-refractivity contribution < 1.29 is 4.79 Å². The van der Waals surface area contributed by atoms with Crippen LogP contribution >= 0.6 is 0 Å². The molecule has 1 amide bonds. The Kier molecular flexibility index (Phi) is 3.64. The van der Waals surface area contributed by atoms with Crippen LogP contribution in [-0.2, 0) is 4.79 Å². The lowest BCUT2D eigenvalue weighted by Crippen LogP contribution is -2.44. The van der Waals surface area contributed by atoms with Crippen LogP contribution in [0.1, 0.15) is 25.7 Å². The maximum Gasteiger partial charge on any atom is 0.239 e. The highest BCUT2D eigenvalue weighted by atomic mass is 16.2. The molecule has 2 aliphatic rings. The third kappa shape index (κ3) is 3.12. The normalized spacial score (nSPS) is 21.1. The molecule has 16 heavy (non-hydrogen) atoms.